The number of rotatable bonds is 6. The number of nitrogens with zero attached hydrogens (tertiary/aromatic N) is 3. The summed E-state index contributed by atoms with van der Waals surface area (Å²) in [5, 5.41) is 7.17. The van der Waals surface area contributed by atoms with Crippen molar-refractivity contribution in [3.05, 3.63) is 51.6 Å². The van der Waals surface area contributed by atoms with E-state index in [4.69, 9.17) is 4.74 Å². The summed E-state index contributed by atoms with van der Waals surface area (Å²) in [5.74, 6) is 0.248. The second-order valence-corrected chi connectivity index (χ2v) is 6.34. The highest BCUT2D eigenvalue weighted by atomic mass is 16.5. The lowest BCUT2D eigenvalue weighted by molar-refractivity contribution is 0.0951. The van der Waals surface area contributed by atoms with Crippen LogP contribution in [0.1, 0.15) is 41.9 Å². The molecule has 1 aliphatic rings. The molecule has 0 spiro atoms. The molecule has 2 heterocycles. The molecule has 0 unspecified atom stereocenters. The molecular formula is C18H22N4O3. The van der Waals surface area contributed by atoms with Crippen LogP contribution in [0.15, 0.2) is 29.2 Å². The molecule has 0 aromatic carbocycles. The fourth-order valence-corrected chi connectivity index (χ4v) is 2.80. The summed E-state index contributed by atoms with van der Waals surface area (Å²) < 4.78 is 6.87. The summed E-state index contributed by atoms with van der Waals surface area (Å²) in [4.78, 5) is 28.3. The first-order valence-corrected chi connectivity index (χ1v) is 8.54. The van der Waals surface area contributed by atoms with Gasteiger partial charge in [0.2, 0.25) is 5.88 Å². The minimum atomic E-state index is -0.238. The van der Waals surface area contributed by atoms with E-state index in [0.29, 0.717) is 24.5 Å². The van der Waals surface area contributed by atoms with Crippen molar-refractivity contribution in [1.29, 1.82) is 0 Å². The highest BCUT2D eigenvalue weighted by Gasteiger charge is 2.14. The van der Waals surface area contributed by atoms with Gasteiger partial charge in [-0.1, -0.05) is 0 Å². The van der Waals surface area contributed by atoms with Crippen molar-refractivity contribution in [2.75, 3.05) is 6.54 Å². The van der Waals surface area contributed by atoms with E-state index in [-0.39, 0.29) is 17.6 Å². The molecule has 7 heteroatoms. The topological polar surface area (TPSA) is 86.1 Å². The molecule has 1 N–H and O–H groups in total. The Kier molecular flexibility index (Phi) is 5.11. The number of hydrogen-bond donors (Lipinski definition) is 1. The Hall–Kier alpha value is -2.70. The number of ether oxygens (including phenoxy) is 1. The molecule has 3 rings (SSSR count). The highest BCUT2D eigenvalue weighted by Crippen LogP contribution is 2.16. The first-order chi connectivity index (χ1) is 12.0. The van der Waals surface area contributed by atoms with Gasteiger partial charge in [-0.05, 0) is 44.7 Å². The van der Waals surface area contributed by atoms with Crippen molar-refractivity contribution in [3.8, 4) is 5.88 Å². The fourth-order valence-electron chi connectivity index (χ4n) is 2.80. The van der Waals surface area contributed by atoms with Crippen LogP contribution in [-0.2, 0) is 19.4 Å². The number of carbonyl (C=O) groups is 1. The molecule has 132 valence electrons. The van der Waals surface area contributed by atoms with Crippen LogP contribution < -0.4 is 15.6 Å². The highest BCUT2D eigenvalue weighted by molar-refractivity contribution is 5.93. The minimum Gasteiger partial charge on any atom is -0.475 e. The van der Waals surface area contributed by atoms with E-state index in [1.165, 1.54) is 10.9 Å². The Bertz CT molecular complexity index is 812. The Morgan fingerprint density at radius 1 is 1.36 bits per heavy atom. The number of aromatic nitrogens is 3. The first-order valence-electron chi connectivity index (χ1n) is 8.54. The average Bonchev–Trinajstić information content (AvgIpc) is 3.02. The van der Waals surface area contributed by atoms with Crippen molar-refractivity contribution >= 4 is 5.91 Å². The van der Waals surface area contributed by atoms with Crippen LogP contribution in [0.2, 0.25) is 0 Å². The maximum atomic E-state index is 12.1. The molecule has 25 heavy (non-hydrogen) atoms. The lowest BCUT2D eigenvalue weighted by Gasteiger charge is -2.10. The molecule has 0 radical (unpaired) electrons. The van der Waals surface area contributed by atoms with Crippen LogP contribution in [-0.4, -0.2) is 33.3 Å². The number of nitrogens with one attached hydrogen (secondary N) is 1. The summed E-state index contributed by atoms with van der Waals surface area (Å²) in [6, 6.07) is 5.00. The number of fused-ring (bicyclic) bond motifs is 1. The van der Waals surface area contributed by atoms with Crippen LogP contribution in [0.4, 0.5) is 0 Å². The normalized spacial score (nSPS) is 12.9. The van der Waals surface area contributed by atoms with Crippen LogP contribution in [0.5, 0.6) is 5.88 Å². The summed E-state index contributed by atoms with van der Waals surface area (Å²) in [5.41, 5.74) is 2.38. The van der Waals surface area contributed by atoms with Crippen LogP contribution in [0, 0.1) is 0 Å². The monoisotopic (exact) mass is 342 g/mol. The summed E-state index contributed by atoms with van der Waals surface area (Å²) in [6.07, 6.45) is 4.40. The van der Waals surface area contributed by atoms with Crippen molar-refractivity contribution in [2.24, 2.45) is 0 Å². The van der Waals surface area contributed by atoms with Gasteiger partial charge in [-0.15, -0.1) is 0 Å². The Balaban J connectivity index is 1.55. The molecule has 0 fully saturated rings. The van der Waals surface area contributed by atoms with Gasteiger partial charge in [0.15, 0.2) is 0 Å². The SMILES string of the molecule is CC(C)Oc1ccc(C(=O)NCCn2nc3c(cc2=O)CCC3)cn1. The van der Waals surface area contributed by atoms with Gasteiger partial charge in [0, 0.05) is 24.9 Å². The van der Waals surface area contributed by atoms with Gasteiger partial charge in [-0.3, -0.25) is 9.59 Å². The lowest BCUT2D eigenvalue weighted by atomic mass is 10.2. The van der Waals surface area contributed by atoms with E-state index in [9.17, 15) is 9.59 Å². The van der Waals surface area contributed by atoms with E-state index in [1.807, 2.05) is 13.8 Å². The van der Waals surface area contributed by atoms with Crippen LogP contribution in [0.25, 0.3) is 0 Å². The number of carbonyl (C=O) groups excluding carboxylic acids is 1. The standard InChI is InChI=1S/C18H22N4O3/c1-12(2)25-16-7-6-14(11-20-16)18(24)19-8-9-22-17(23)10-13-4-3-5-15(13)21-22/h6-7,10-12H,3-5,8-9H2,1-2H3,(H,19,24). The molecule has 2 aromatic rings. The molecule has 2 aromatic heterocycles. The molecule has 0 aliphatic heterocycles. The smallest absolute Gasteiger partial charge is 0.267 e. The van der Waals surface area contributed by atoms with Crippen LogP contribution in [0.3, 0.4) is 0 Å². The number of hydrogen-bond acceptors (Lipinski definition) is 5. The zero-order valence-electron chi connectivity index (χ0n) is 14.5. The molecule has 1 amide bonds. The van der Waals surface area contributed by atoms with Gasteiger partial charge in [0.05, 0.1) is 23.9 Å². The third-order valence-corrected chi connectivity index (χ3v) is 3.99. The van der Waals surface area contributed by atoms with Crippen molar-refractivity contribution in [2.45, 2.75) is 45.8 Å². The molecule has 0 saturated heterocycles. The summed E-state index contributed by atoms with van der Waals surface area (Å²) in [6.45, 7) is 4.50. The number of aryl methyl sites for hydroxylation is 2. The third-order valence-electron chi connectivity index (χ3n) is 3.99. The maximum absolute atomic E-state index is 12.1. The zero-order chi connectivity index (χ0) is 17.8. The average molecular weight is 342 g/mol. The predicted molar refractivity (Wildman–Crippen MR) is 92.9 cm³/mol. The maximum Gasteiger partial charge on any atom is 0.267 e. The van der Waals surface area contributed by atoms with Gasteiger partial charge in [-0.25, -0.2) is 9.67 Å². The summed E-state index contributed by atoms with van der Waals surface area (Å²) >= 11 is 0. The molecular weight excluding hydrogens is 320 g/mol. The van der Waals surface area contributed by atoms with Gasteiger partial charge < -0.3 is 10.1 Å². The Labute approximate surface area is 146 Å². The fraction of sp³-hybridized carbons (Fsp3) is 0.444. The van der Waals surface area contributed by atoms with Gasteiger partial charge in [0.25, 0.3) is 11.5 Å². The minimum absolute atomic E-state index is 0.0327. The van der Waals surface area contributed by atoms with E-state index >= 15 is 0 Å². The molecule has 7 nitrogen and oxygen atoms in total. The largest absolute Gasteiger partial charge is 0.475 e. The molecule has 1 aliphatic carbocycles. The van der Waals surface area contributed by atoms with E-state index in [0.717, 1.165) is 30.5 Å². The van der Waals surface area contributed by atoms with E-state index in [1.54, 1.807) is 18.2 Å². The van der Waals surface area contributed by atoms with Gasteiger partial charge >= 0.3 is 0 Å². The second-order valence-electron chi connectivity index (χ2n) is 6.34. The summed E-state index contributed by atoms with van der Waals surface area (Å²) in [7, 11) is 0. The Morgan fingerprint density at radius 3 is 2.92 bits per heavy atom. The molecule has 0 saturated carbocycles. The lowest BCUT2D eigenvalue weighted by Crippen LogP contribution is -2.32. The van der Waals surface area contributed by atoms with Crippen LogP contribution >= 0.6 is 0 Å². The third kappa shape index (κ3) is 4.23. The van der Waals surface area contributed by atoms with Crippen molar-refractivity contribution in [3.63, 3.8) is 0 Å². The van der Waals surface area contributed by atoms with Crippen molar-refractivity contribution < 1.29 is 9.53 Å². The van der Waals surface area contributed by atoms with Gasteiger partial charge in [-0.2, -0.15) is 5.10 Å². The van der Waals surface area contributed by atoms with E-state index in [2.05, 4.69) is 15.4 Å². The van der Waals surface area contributed by atoms with Crippen molar-refractivity contribution in [1.82, 2.24) is 20.1 Å². The molecule has 0 bridgehead atoms. The predicted octanol–water partition coefficient (Wildman–Crippen LogP) is 1.34. The Morgan fingerprint density at radius 2 is 2.20 bits per heavy atom. The number of pyridine rings is 1. The zero-order valence-corrected chi connectivity index (χ0v) is 14.5. The second kappa shape index (κ2) is 7.46. The first kappa shape index (κ1) is 17.1. The van der Waals surface area contributed by atoms with E-state index < -0.39 is 0 Å². The number of amides is 1. The van der Waals surface area contributed by atoms with Gasteiger partial charge in [0.1, 0.15) is 0 Å². The quantitative estimate of drug-likeness (QED) is 0.856. The molecule has 0 atom stereocenters.